The lowest BCUT2D eigenvalue weighted by molar-refractivity contribution is -0.298. The molecule has 0 aromatic carbocycles. The highest BCUT2D eigenvalue weighted by Gasteiger charge is 2.47. The number of carboxylic acids is 1. The van der Waals surface area contributed by atoms with E-state index in [9.17, 15) is 34.8 Å². The molecule has 1 rings (SSSR count). The summed E-state index contributed by atoms with van der Waals surface area (Å²) in [6.45, 7) is 3.65. The molecule has 1 heterocycles. The molecule has 1 saturated heterocycles. The molecule has 288 valence electrons. The standard InChI is InChI=1S/C39H66O11/c1-3-5-7-9-11-13-15-16-17-18-20-21-23-25-27-32(40)47-29-31(30-48-39-36(44)34(42)35(43)37(50-39)38(45)46)49-33(41)28-26-24-22-19-14-12-10-8-6-4-2/h8-11,15-16,31,34-37,39,42-44H,3-7,12-14,17-30H2,1-2H3,(H,45,46)/b10-8-,11-9-,16-15-. The van der Waals surface area contributed by atoms with Crippen LogP contribution in [0, 0.1) is 0 Å². The first kappa shape index (κ1) is 45.5. The zero-order valence-corrected chi connectivity index (χ0v) is 30.6. The largest absolute Gasteiger partial charge is 0.479 e. The van der Waals surface area contributed by atoms with Crippen molar-refractivity contribution < 1.29 is 53.8 Å². The molecule has 1 aliphatic heterocycles. The summed E-state index contributed by atoms with van der Waals surface area (Å²) in [6.07, 6.45) is 22.1. The van der Waals surface area contributed by atoms with Gasteiger partial charge in [0.05, 0.1) is 6.61 Å². The first-order chi connectivity index (χ1) is 24.2. The van der Waals surface area contributed by atoms with Crippen molar-refractivity contribution in [3.05, 3.63) is 36.5 Å². The SMILES string of the molecule is CCC/C=C\CCCCCCCC(=O)OC(COC(=O)CCCCCCC/C=C\C/C=C\CCCC)COC1OC(C(=O)O)C(O)C(O)C1O. The first-order valence-electron chi connectivity index (χ1n) is 19.0. The Labute approximate surface area is 300 Å². The number of hydrogen-bond acceptors (Lipinski definition) is 10. The van der Waals surface area contributed by atoms with E-state index < -0.39 is 61.3 Å². The van der Waals surface area contributed by atoms with Crippen LogP contribution in [-0.2, 0) is 33.3 Å². The van der Waals surface area contributed by atoms with Crippen molar-refractivity contribution in [1.82, 2.24) is 0 Å². The van der Waals surface area contributed by atoms with Crippen LogP contribution < -0.4 is 0 Å². The summed E-state index contributed by atoms with van der Waals surface area (Å²) in [5.41, 5.74) is 0. The average molecular weight is 711 g/mol. The number of aliphatic hydroxyl groups is 3. The number of carboxylic acid groups (broad SMARTS) is 1. The molecule has 0 amide bonds. The molecule has 50 heavy (non-hydrogen) atoms. The Hall–Kier alpha value is -2.57. The van der Waals surface area contributed by atoms with E-state index in [-0.39, 0.29) is 19.4 Å². The summed E-state index contributed by atoms with van der Waals surface area (Å²) in [4.78, 5) is 36.5. The number of unbranched alkanes of at least 4 members (excludes halogenated alkanes) is 13. The van der Waals surface area contributed by atoms with E-state index in [1.807, 2.05) is 0 Å². The van der Waals surface area contributed by atoms with Crippen molar-refractivity contribution in [1.29, 1.82) is 0 Å². The van der Waals surface area contributed by atoms with E-state index in [1.54, 1.807) is 0 Å². The van der Waals surface area contributed by atoms with Gasteiger partial charge in [-0.05, 0) is 57.8 Å². The monoisotopic (exact) mass is 710 g/mol. The summed E-state index contributed by atoms with van der Waals surface area (Å²) in [6, 6.07) is 0. The molecule has 6 atom stereocenters. The fourth-order valence-corrected chi connectivity index (χ4v) is 5.37. The molecule has 1 aliphatic rings. The van der Waals surface area contributed by atoms with E-state index in [4.69, 9.17) is 18.9 Å². The highest BCUT2D eigenvalue weighted by Crippen LogP contribution is 2.23. The topological polar surface area (TPSA) is 169 Å². The van der Waals surface area contributed by atoms with Gasteiger partial charge in [0.25, 0.3) is 0 Å². The van der Waals surface area contributed by atoms with Gasteiger partial charge in [0.15, 0.2) is 18.5 Å². The molecule has 11 nitrogen and oxygen atoms in total. The van der Waals surface area contributed by atoms with Gasteiger partial charge >= 0.3 is 17.9 Å². The van der Waals surface area contributed by atoms with Gasteiger partial charge in [0.2, 0.25) is 0 Å². The lowest BCUT2D eigenvalue weighted by Crippen LogP contribution is -2.60. The molecule has 11 heteroatoms. The molecular weight excluding hydrogens is 644 g/mol. The normalized spacial score (nSPS) is 21.7. The molecule has 0 aromatic rings. The van der Waals surface area contributed by atoms with Gasteiger partial charge in [0.1, 0.15) is 24.9 Å². The second-order valence-electron chi connectivity index (χ2n) is 13.1. The predicted molar refractivity (Wildman–Crippen MR) is 192 cm³/mol. The van der Waals surface area contributed by atoms with Gasteiger partial charge in [-0.3, -0.25) is 9.59 Å². The second-order valence-corrected chi connectivity index (χ2v) is 13.1. The molecule has 0 bridgehead atoms. The quantitative estimate of drug-likeness (QED) is 0.0349. The van der Waals surface area contributed by atoms with Crippen LogP contribution in [0.3, 0.4) is 0 Å². The number of ether oxygens (including phenoxy) is 4. The molecule has 0 aromatic heterocycles. The smallest absolute Gasteiger partial charge is 0.335 e. The maximum absolute atomic E-state index is 12.6. The average Bonchev–Trinajstić information content (AvgIpc) is 3.09. The van der Waals surface area contributed by atoms with Crippen molar-refractivity contribution in [2.75, 3.05) is 13.2 Å². The fourth-order valence-electron chi connectivity index (χ4n) is 5.37. The minimum absolute atomic E-state index is 0.168. The number of esters is 2. The maximum atomic E-state index is 12.6. The van der Waals surface area contributed by atoms with Crippen LogP contribution >= 0.6 is 0 Å². The van der Waals surface area contributed by atoms with Crippen LogP contribution in [0.1, 0.15) is 142 Å². The minimum atomic E-state index is -1.86. The Morgan fingerprint density at radius 1 is 0.620 bits per heavy atom. The number of carbonyl (C=O) groups excluding carboxylic acids is 2. The van der Waals surface area contributed by atoms with Gasteiger partial charge < -0.3 is 39.4 Å². The van der Waals surface area contributed by atoms with Crippen molar-refractivity contribution in [3.63, 3.8) is 0 Å². The summed E-state index contributed by atoms with van der Waals surface area (Å²) in [5.74, 6) is -2.48. The molecule has 0 aliphatic carbocycles. The molecule has 6 unspecified atom stereocenters. The van der Waals surface area contributed by atoms with Crippen LogP contribution in [0.25, 0.3) is 0 Å². The van der Waals surface area contributed by atoms with Gasteiger partial charge in [-0.15, -0.1) is 0 Å². The van der Waals surface area contributed by atoms with Crippen LogP contribution in [0.15, 0.2) is 36.5 Å². The van der Waals surface area contributed by atoms with Crippen molar-refractivity contribution in [2.45, 2.75) is 179 Å². The van der Waals surface area contributed by atoms with Gasteiger partial charge in [0, 0.05) is 12.8 Å². The van der Waals surface area contributed by atoms with Gasteiger partial charge in [-0.2, -0.15) is 0 Å². The molecular formula is C39H66O11. The summed E-state index contributed by atoms with van der Waals surface area (Å²) in [5, 5.41) is 39.6. The van der Waals surface area contributed by atoms with E-state index in [0.717, 1.165) is 89.9 Å². The minimum Gasteiger partial charge on any atom is -0.479 e. The number of allylic oxidation sites excluding steroid dienone is 6. The van der Waals surface area contributed by atoms with Crippen molar-refractivity contribution >= 4 is 17.9 Å². The second kappa shape index (κ2) is 30.1. The Kier molecular flexibility index (Phi) is 27.4. The van der Waals surface area contributed by atoms with Crippen LogP contribution in [-0.4, -0.2) is 88.4 Å². The zero-order valence-electron chi connectivity index (χ0n) is 30.6. The molecule has 0 spiro atoms. The molecule has 4 N–H and O–H groups in total. The van der Waals surface area contributed by atoms with E-state index in [0.29, 0.717) is 12.8 Å². The lowest BCUT2D eigenvalue weighted by Gasteiger charge is -2.38. The van der Waals surface area contributed by atoms with Gasteiger partial charge in [-0.1, -0.05) is 108 Å². The summed E-state index contributed by atoms with van der Waals surface area (Å²) in [7, 11) is 0. The van der Waals surface area contributed by atoms with E-state index in [1.165, 1.54) is 12.8 Å². The van der Waals surface area contributed by atoms with E-state index >= 15 is 0 Å². The highest BCUT2D eigenvalue weighted by atomic mass is 16.7. The Bertz CT molecular complexity index is 979. The fraction of sp³-hybridized carbons (Fsp3) is 0.769. The van der Waals surface area contributed by atoms with E-state index in [2.05, 4.69) is 50.3 Å². The highest BCUT2D eigenvalue weighted by molar-refractivity contribution is 5.73. The molecule has 1 fully saturated rings. The van der Waals surface area contributed by atoms with Crippen LogP contribution in [0.5, 0.6) is 0 Å². The third-order valence-electron chi connectivity index (χ3n) is 8.44. The first-order valence-corrected chi connectivity index (χ1v) is 19.0. The van der Waals surface area contributed by atoms with Crippen LogP contribution in [0.2, 0.25) is 0 Å². The van der Waals surface area contributed by atoms with Gasteiger partial charge in [-0.25, -0.2) is 4.79 Å². The Balaban J connectivity index is 2.46. The summed E-state index contributed by atoms with van der Waals surface area (Å²) >= 11 is 0. The third-order valence-corrected chi connectivity index (χ3v) is 8.44. The number of aliphatic carboxylic acids is 1. The predicted octanol–water partition coefficient (Wildman–Crippen LogP) is 6.86. The number of hydrogen-bond donors (Lipinski definition) is 4. The zero-order chi connectivity index (χ0) is 36.8. The number of carbonyl (C=O) groups is 3. The van der Waals surface area contributed by atoms with Crippen molar-refractivity contribution in [2.24, 2.45) is 0 Å². The third kappa shape index (κ3) is 22.3. The Morgan fingerprint density at radius 2 is 1.16 bits per heavy atom. The molecule has 0 radical (unpaired) electrons. The number of aliphatic hydroxyl groups excluding tert-OH is 3. The lowest BCUT2D eigenvalue weighted by atomic mass is 9.99. The number of rotatable bonds is 30. The molecule has 0 saturated carbocycles. The summed E-state index contributed by atoms with van der Waals surface area (Å²) < 4.78 is 21.6. The maximum Gasteiger partial charge on any atom is 0.335 e. The van der Waals surface area contributed by atoms with Crippen molar-refractivity contribution in [3.8, 4) is 0 Å². The van der Waals surface area contributed by atoms with Crippen LogP contribution in [0.4, 0.5) is 0 Å². The Morgan fingerprint density at radius 3 is 1.76 bits per heavy atom.